The molecule has 10 heteroatoms. The van der Waals surface area contributed by atoms with Gasteiger partial charge in [-0.05, 0) is 51.0 Å². The van der Waals surface area contributed by atoms with Crippen molar-refractivity contribution in [1.82, 2.24) is 14.9 Å². The molecule has 1 aliphatic carbocycles. The Labute approximate surface area is 206 Å². The molecule has 5 nitrogen and oxygen atoms in total. The van der Waals surface area contributed by atoms with Crippen LogP contribution >= 0.6 is 22.7 Å². The van der Waals surface area contributed by atoms with Crippen LogP contribution in [0.4, 0.5) is 13.2 Å². The van der Waals surface area contributed by atoms with E-state index < -0.39 is 12.8 Å². The molecular weight excluding hydrogens is 483 g/mol. The fourth-order valence-electron chi connectivity index (χ4n) is 4.99. The number of rotatable bonds is 9. The van der Waals surface area contributed by atoms with Gasteiger partial charge < -0.3 is 9.64 Å². The number of aryl methyl sites for hydroxylation is 1. The van der Waals surface area contributed by atoms with Crippen LogP contribution in [0.3, 0.4) is 0 Å². The van der Waals surface area contributed by atoms with Crippen LogP contribution in [0.25, 0.3) is 0 Å². The summed E-state index contributed by atoms with van der Waals surface area (Å²) >= 11 is 2.85. The first-order valence-corrected chi connectivity index (χ1v) is 13.8. The molecule has 0 spiro atoms. The number of alkyl halides is 3. The van der Waals surface area contributed by atoms with Gasteiger partial charge in [-0.25, -0.2) is 9.97 Å². The van der Waals surface area contributed by atoms with Gasteiger partial charge in [0, 0.05) is 42.6 Å². The smallest absolute Gasteiger partial charge is 0.422 e. The summed E-state index contributed by atoms with van der Waals surface area (Å²) in [5.74, 6) is 1.54. The first kappa shape index (κ1) is 25.6. The normalized spacial score (nSPS) is 21.8. The van der Waals surface area contributed by atoms with Crippen LogP contribution in [-0.2, 0) is 24.1 Å². The van der Waals surface area contributed by atoms with Crippen molar-refractivity contribution in [2.24, 2.45) is 11.8 Å². The minimum absolute atomic E-state index is 0.132. The fraction of sp³-hybridized carbons (Fsp3) is 0.708. The molecule has 1 saturated carbocycles. The Morgan fingerprint density at radius 1 is 1.15 bits per heavy atom. The van der Waals surface area contributed by atoms with E-state index in [4.69, 9.17) is 4.74 Å². The minimum atomic E-state index is -4.34. The van der Waals surface area contributed by atoms with Crippen LogP contribution in [0.2, 0.25) is 0 Å². The molecule has 0 bridgehead atoms. The molecule has 0 radical (unpaired) electrons. The number of ether oxygens (including phenoxy) is 1. The second-order valence-corrected chi connectivity index (χ2v) is 11.7. The predicted molar refractivity (Wildman–Crippen MR) is 128 cm³/mol. The van der Waals surface area contributed by atoms with Crippen molar-refractivity contribution in [2.75, 3.05) is 26.2 Å². The van der Waals surface area contributed by atoms with E-state index in [0.717, 1.165) is 66.6 Å². The molecular formula is C24H32F3N3O2S2. The number of halogens is 3. The third-order valence-corrected chi connectivity index (χ3v) is 8.71. The van der Waals surface area contributed by atoms with Gasteiger partial charge in [-0.2, -0.15) is 13.2 Å². The van der Waals surface area contributed by atoms with Gasteiger partial charge in [0.1, 0.15) is 5.78 Å². The van der Waals surface area contributed by atoms with Crippen LogP contribution in [0.5, 0.6) is 5.19 Å². The highest BCUT2D eigenvalue weighted by Gasteiger charge is 2.30. The molecule has 0 saturated heterocycles. The Morgan fingerprint density at radius 2 is 1.88 bits per heavy atom. The van der Waals surface area contributed by atoms with E-state index >= 15 is 0 Å². The number of Topliss-reactive ketones (excluding diaryl/α,β-unsaturated/α-hetero) is 1. The molecule has 4 rings (SSSR count). The maximum atomic E-state index is 12.4. The van der Waals surface area contributed by atoms with Crippen molar-refractivity contribution in [3.8, 4) is 5.19 Å². The lowest BCUT2D eigenvalue weighted by Gasteiger charge is -2.30. The number of ketones is 1. The molecule has 2 aromatic heterocycles. The Bertz CT molecular complexity index is 926. The quantitative estimate of drug-likeness (QED) is 0.432. The van der Waals surface area contributed by atoms with E-state index in [0.29, 0.717) is 30.5 Å². The number of thiazole rings is 2. The zero-order valence-electron chi connectivity index (χ0n) is 19.5. The van der Waals surface area contributed by atoms with Gasteiger partial charge >= 0.3 is 6.18 Å². The lowest BCUT2D eigenvalue weighted by atomic mass is 9.78. The zero-order valence-corrected chi connectivity index (χ0v) is 21.2. The summed E-state index contributed by atoms with van der Waals surface area (Å²) in [6.07, 6.45) is 4.20. The molecule has 0 atom stereocenters. The largest absolute Gasteiger partial charge is 0.460 e. The van der Waals surface area contributed by atoms with Crippen LogP contribution < -0.4 is 4.74 Å². The average molecular weight is 516 g/mol. The summed E-state index contributed by atoms with van der Waals surface area (Å²) in [7, 11) is 0. The maximum absolute atomic E-state index is 12.4. The lowest BCUT2D eigenvalue weighted by Crippen LogP contribution is -2.30. The predicted octanol–water partition coefficient (Wildman–Crippen LogP) is 5.65. The molecule has 2 aromatic rings. The number of nitrogens with zero attached hydrogens (tertiary/aromatic N) is 3. The van der Waals surface area contributed by atoms with Crippen LogP contribution in [-0.4, -0.2) is 53.1 Å². The third-order valence-electron chi connectivity index (χ3n) is 6.82. The number of carbonyl (C=O) groups is 1. The summed E-state index contributed by atoms with van der Waals surface area (Å²) < 4.78 is 41.9. The van der Waals surface area contributed by atoms with E-state index in [1.165, 1.54) is 30.6 Å². The van der Waals surface area contributed by atoms with E-state index in [1.54, 1.807) is 11.3 Å². The monoisotopic (exact) mass is 515 g/mol. The molecule has 1 fully saturated rings. The number of hydrogen-bond acceptors (Lipinski definition) is 7. The number of aromatic nitrogens is 2. The van der Waals surface area contributed by atoms with Crippen molar-refractivity contribution in [1.29, 1.82) is 0 Å². The van der Waals surface area contributed by atoms with Crippen molar-refractivity contribution in [2.45, 2.75) is 70.9 Å². The van der Waals surface area contributed by atoms with Gasteiger partial charge in [0.05, 0.1) is 16.4 Å². The topological polar surface area (TPSA) is 55.3 Å². The number of carbonyl (C=O) groups excluding carboxylic acids is 1. The van der Waals surface area contributed by atoms with Crippen molar-refractivity contribution in [3.05, 3.63) is 26.7 Å². The second kappa shape index (κ2) is 11.5. The molecule has 2 aliphatic rings. The lowest BCUT2D eigenvalue weighted by molar-refractivity contribution is -0.153. The first-order valence-electron chi connectivity index (χ1n) is 12.1. The van der Waals surface area contributed by atoms with Crippen LogP contribution in [0.1, 0.15) is 59.8 Å². The maximum Gasteiger partial charge on any atom is 0.422 e. The highest BCUT2D eigenvalue weighted by molar-refractivity contribution is 7.13. The van der Waals surface area contributed by atoms with Gasteiger partial charge in [-0.1, -0.05) is 24.2 Å². The fourth-order valence-corrected chi connectivity index (χ4v) is 6.55. The Morgan fingerprint density at radius 3 is 2.59 bits per heavy atom. The Balaban J connectivity index is 1.13. The zero-order chi connectivity index (χ0) is 24.1. The molecule has 0 aromatic carbocycles. The van der Waals surface area contributed by atoms with Gasteiger partial charge in [-0.3, -0.25) is 4.79 Å². The minimum Gasteiger partial charge on any atom is -0.460 e. The van der Waals surface area contributed by atoms with Gasteiger partial charge in [0.15, 0.2) is 6.61 Å². The molecule has 34 heavy (non-hydrogen) atoms. The van der Waals surface area contributed by atoms with E-state index in [9.17, 15) is 18.0 Å². The van der Waals surface area contributed by atoms with Gasteiger partial charge in [0.25, 0.3) is 5.19 Å². The summed E-state index contributed by atoms with van der Waals surface area (Å²) in [6, 6.07) is 0. The van der Waals surface area contributed by atoms with Crippen molar-refractivity contribution >= 4 is 28.5 Å². The standard InChI is InChI=1S/C24H32F3N3O2S2/c1-16-28-19(14-33-16)13-20(31)12-18-4-2-17(3-5-18)6-9-30-10-7-21-22(8-11-30)34-23(29-21)32-15-24(25,26)27/h14,17-18H,2-13,15H2,1H3. The number of fused-ring (bicyclic) bond motifs is 1. The second-order valence-electron chi connectivity index (χ2n) is 9.55. The summed E-state index contributed by atoms with van der Waals surface area (Å²) in [5, 5.41) is 3.13. The summed E-state index contributed by atoms with van der Waals surface area (Å²) in [6.45, 7) is 3.52. The third kappa shape index (κ3) is 7.75. The summed E-state index contributed by atoms with van der Waals surface area (Å²) in [5.41, 5.74) is 1.80. The van der Waals surface area contributed by atoms with Gasteiger partial charge in [0.2, 0.25) is 0 Å². The molecule has 0 amide bonds. The van der Waals surface area contributed by atoms with E-state index in [-0.39, 0.29) is 5.19 Å². The summed E-state index contributed by atoms with van der Waals surface area (Å²) in [4.78, 5) is 24.6. The SMILES string of the molecule is Cc1nc(CC(=O)CC2CCC(CCN3CCc4nc(OCC(F)(F)F)sc4CC3)CC2)cs1. The van der Waals surface area contributed by atoms with Crippen LogP contribution in [0.15, 0.2) is 5.38 Å². The van der Waals surface area contributed by atoms with E-state index in [2.05, 4.69) is 14.9 Å². The van der Waals surface area contributed by atoms with E-state index in [1.807, 2.05) is 12.3 Å². The van der Waals surface area contributed by atoms with Crippen LogP contribution in [0, 0.1) is 18.8 Å². The molecule has 1 aliphatic heterocycles. The molecule has 0 N–H and O–H groups in total. The molecule has 0 unspecified atom stereocenters. The highest BCUT2D eigenvalue weighted by Crippen LogP contribution is 2.34. The average Bonchev–Trinajstić information content (AvgIpc) is 3.32. The highest BCUT2D eigenvalue weighted by atomic mass is 32.1. The molecule has 188 valence electrons. The van der Waals surface area contributed by atoms with Gasteiger partial charge in [-0.15, -0.1) is 11.3 Å². The van der Waals surface area contributed by atoms with Crippen molar-refractivity contribution < 1.29 is 22.7 Å². The number of hydrogen-bond donors (Lipinski definition) is 0. The van der Waals surface area contributed by atoms with Crippen molar-refractivity contribution in [3.63, 3.8) is 0 Å². The first-order chi connectivity index (χ1) is 16.2. The Kier molecular flexibility index (Phi) is 8.63. The molecule has 3 heterocycles. The Hall–Kier alpha value is -1.52.